The molecule has 0 aliphatic carbocycles. The van der Waals surface area contributed by atoms with Crippen LogP contribution >= 0.6 is 11.6 Å². The predicted octanol–water partition coefficient (Wildman–Crippen LogP) is 2.44. The van der Waals surface area contributed by atoms with E-state index in [-0.39, 0.29) is 0 Å². The average molecular weight is 231 g/mol. The molecule has 0 amide bonds. The zero-order valence-electron chi connectivity index (χ0n) is 8.21. The van der Waals surface area contributed by atoms with Gasteiger partial charge in [0.05, 0.1) is 0 Å². The zero-order chi connectivity index (χ0) is 11.0. The fourth-order valence-electron chi connectivity index (χ4n) is 1.58. The molecule has 0 saturated carbocycles. The van der Waals surface area contributed by atoms with Crippen molar-refractivity contribution < 1.29 is 0 Å². The monoisotopic (exact) mass is 230 g/mol. The van der Waals surface area contributed by atoms with Gasteiger partial charge in [0, 0.05) is 18.0 Å². The standard InChI is InChI=1S/C11H7ClN4/c12-9-11-15-14-10(16(11)7-6-13-9)8-4-2-1-3-5-8/h1-7H. The van der Waals surface area contributed by atoms with Crippen LogP contribution in [0, 0.1) is 0 Å². The molecule has 0 radical (unpaired) electrons. The SMILES string of the molecule is Clc1nccn2c(-c3ccccc3)nnc12. The minimum atomic E-state index is 0.359. The number of fused-ring (bicyclic) bond motifs is 1. The smallest absolute Gasteiger partial charge is 0.198 e. The van der Waals surface area contributed by atoms with Crippen LogP contribution in [0.4, 0.5) is 0 Å². The number of rotatable bonds is 1. The maximum Gasteiger partial charge on any atom is 0.198 e. The van der Waals surface area contributed by atoms with E-state index < -0.39 is 0 Å². The third kappa shape index (κ3) is 1.35. The molecule has 4 nitrogen and oxygen atoms in total. The summed E-state index contributed by atoms with van der Waals surface area (Å²) in [6.07, 6.45) is 3.43. The highest BCUT2D eigenvalue weighted by molar-refractivity contribution is 6.32. The normalized spacial score (nSPS) is 10.8. The highest BCUT2D eigenvalue weighted by atomic mass is 35.5. The molecule has 78 valence electrons. The van der Waals surface area contributed by atoms with Crippen LogP contribution in [0.25, 0.3) is 17.0 Å². The number of halogens is 1. The summed E-state index contributed by atoms with van der Waals surface area (Å²) < 4.78 is 1.82. The Morgan fingerprint density at radius 1 is 1.06 bits per heavy atom. The Morgan fingerprint density at radius 2 is 1.88 bits per heavy atom. The highest BCUT2D eigenvalue weighted by Crippen LogP contribution is 2.20. The first-order valence-electron chi connectivity index (χ1n) is 4.77. The second-order valence-electron chi connectivity index (χ2n) is 3.30. The maximum atomic E-state index is 5.92. The third-order valence-electron chi connectivity index (χ3n) is 2.32. The number of benzene rings is 1. The maximum absolute atomic E-state index is 5.92. The Kier molecular flexibility index (Phi) is 2.08. The topological polar surface area (TPSA) is 43.1 Å². The zero-order valence-corrected chi connectivity index (χ0v) is 8.96. The Bertz CT molecular complexity index is 633. The van der Waals surface area contributed by atoms with Crippen LogP contribution in [0.3, 0.4) is 0 Å². The van der Waals surface area contributed by atoms with E-state index in [2.05, 4.69) is 15.2 Å². The van der Waals surface area contributed by atoms with Gasteiger partial charge in [0.1, 0.15) is 0 Å². The van der Waals surface area contributed by atoms with Crippen molar-refractivity contribution in [3.8, 4) is 11.4 Å². The summed E-state index contributed by atoms with van der Waals surface area (Å²) in [7, 11) is 0. The predicted molar refractivity (Wildman–Crippen MR) is 61.2 cm³/mol. The van der Waals surface area contributed by atoms with Gasteiger partial charge >= 0.3 is 0 Å². The fourth-order valence-corrected chi connectivity index (χ4v) is 1.77. The third-order valence-corrected chi connectivity index (χ3v) is 2.58. The van der Waals surface area contributed by atoms with Gasteiger partial charge in [0.2, 0.25) is 0 Å². The minimum absolute atomic E-state index is 0.359. The first-order chi connectivity index (χ1) is 7.86. The number of aromatic nitrogens is 4. The molecule has 0 atom stereocenters. The lowest BCUT2D eigenvalue weighted by Gasteiger charge is -1.99. The van der Waals surface area contributed by atoms with Crippen LogP contribution in [-0.2, 0) is 0 Å². The van der Waals surface area contributed by atoms with Gasteiger partial charge in [0.15, 0.2) is 16.6 Å². The number of hydrogen-bond donors (Lipinski definition) is 0. The molecule has 0 N–H and O–H groups in total. The molecule has 3 rings (SSSR count). The van der Waals surface area contributed by atoms with Gasteiger partial charge in [-0.1, -0.05) is 41.9 Å². The van der Waals surface area contributed by atoms with E-state index in [0.717, 1.165) is 11.4 Å². The van der Waals surface area contributed by atoms with E-state index in [1.165, 1.54) is 0 Å². The van der Waals surface area contributed by atoms with Gasteiger partial charge in [0.25, 0.3) is 0 Å². The van der Waals surface area contributed by atoms with Gasteiger partial charge in [-0.25, -0.2) is 4.98 Å². The van der Waals surface area contributed by atoms with Crippen molar-refractivity contribution in [2.75, 3.05) is 0 Å². The van der Waals surface area contributed by atoms with Gasteiger partial charge in [-0.05, 0) is 0 Å². The second-order valence-corrected chi connectivity index (χ2v) is 3.66. The van der Waals surface area contributed by atoms with Crippen molar-refractivity contribution >= 4 is 17.2 Å². The van der Waals surface area contributed by atoms with Crippen LogP contribution < -0.4 is 0 Å². The largest absolute Gasteiger partial charge is 0.278 e. The molecule has 2 heterocycles. The Labute approximate surface area is 96.5 Å². The summed E-state index contributed by atoms with van der Waals surface area (Å²) in [5.74, 6) is 0.764. The molecule has 2 aromatic heterocycles. The van der Waals surface area contributed by atoms with Crippen molar-refractivity contribution in [2.45, 2.75) is 0 Å². The van der Waals surface area contributed by atoms with Crippen molar-refractivity contribution in [1.29, 1.82) is 0 Å². The fraction of sp³-hybridized carbons (Fsp3) is 0. The summed E-state index contributed by atoms with van der Waals surface area (Å²) in [5, 5.41) is 8.49. The molecule has 0 unspecified atom stereocenters. The minimum Gasteiger partial charge on any atom is -0.278 e. The van der Waals surface area contributed by atoms with E-state index in [1.54, 1.807) is 12.4 Å². The summed E-state index contributed by atoms with van der Waals surface area (Å²) in [4.78, 5) is 3.96. The van der Waals surface area contributed by atoms with E-state index in [9.17, 15) is 0 Å². The van der Waals surface area contributed by atoms with Crippen LogP contribution in [0.1, 0.15) is 0 Å². The highest BCUT2D eigenvalue weighted by Gasteiger charge is 2.09. The summed E-state index contributed by atoms with van der Waals surface area (Å²) in [6, 6.07) is 9.83. The molecule has 3 aromatic rings. The summed E-state index contributed by atoms with van der Waals surface area (Å²) in [6.45, 7) is 0. The van der Waals surface area contributed by atoms with Crippen molar-refractivity contribution in [3.63, 3.8) is 0 Å². The summed E-state index contributed by atoms with van der Waals surface area (Å²) >= 11 is 5.92. The van der Waals surface area contributed by atoms with Crippen LogP contribution in [-0.4, -0.2) is 19.6 Å². The Hall–Kier alpha value is -1.94. The van der Waals surface area contributed by atoms with Gasteiger partial charge < -0.3 is 0 Å². The van der Waals surface area contributed by atoms with Gasteiger partial charge in [-0.2, -0.15) is 0 Å². The van der Waals surface area contributed by atoms with Crippen LogP contribution in [0.15, 0.2) is 42.7 Å². The van der Waals surface area contributed by atoms with E-state index in [0.29, 0.717) is 10.8 Å². The Balaban J connectivity index is 2.30. The molecule has 16 heavy (non-hydrogen) atoms. The first kappa shape index (κ1) is 9.30. The van der Waals surface area contributed by atoms with E-state index in [1.807, 2.05) is 34.7 Å². The van der Waals surface area contributed by atoms with E-state index >= 15 is 0 Å². The number of nitrogens with zero attached hydrogens (tertiary/aromatic N) is 4. The first-order valence-corrected chi connectivity index (χ1v) is 5.15. The number of hydrogen-bond acceptors (Lipinski definition) is 3. The molecule has 0 spiro atoms. The molecule has 5 heteroatoms. The molecule has 0 bridgehead atoms. The molecule has 0 saturated heterocycles. The molecule has 0 aliphatic heterocycles. The van der Waals surface area contributed by atoms with Crippen LogP contribution in [0.2, 0.25) is 5.15 Å². The van der Waals surface area contributed by atoms with Crippen molar-refractivity contribution in [2.24, 2.45) is 0 Å². The Morgan fingerprint density at radius 3 is 2.69 bits per heavy atom. The van der Waals surface area contributed by atoms with Gasteiger partial charge in [-0.3, -0.25) is 4.40 Å². The molecular formula is C11H7ClN4. The molecule has 1 aromatic carbocycles. The van der Waals surface area contributed by atoms with Gasteiger partial charge in [-0.15, -0.1) is 10.2 Å². The van der Waals surface area contributed by atoms with E-state index in [4.69, 9.17) is 11.6 Å². The van der Waals surface area contributed by atoms with Crippen molar-refractivity contribution in [1.82, 2.24) is 19.6 Å². The molecule has 0 fully saturated rings. The lowest BCUT2D eigenvalue weighted by atomic mass is 10.2. The molecule has 0 aliphatic rings. The molecular weight excluding hydrogens is 224 g/mol. The average Bonchev–Trinajstić information content (AvgIpc) is 2.75. The van der Waals surface area contributed by atoms with Crippen LogP contribution in [0.5, 0.6) is 0 Å². The quantitative estimate of drug-likeness (QED) is 0.645. The van der Waals surface area contributed by atoms with Crippen molar-refractivity contribution in [3.05, 3.63) is 47.9 Å². The lowest BCUT2D eigenvalue weighted by molar-refractivity contribution is 1.11. The lowest BCUT2D eigenvalue weighted by Crippen LogP contribution is -1.90. The second kappa shape index (κ2) is 3.57. The summed E-state index contributed by atoms with van der Waals surface area (Å²) in [5.41, 5.74) is 1.57.